The summed E-state index contributed by atoms with van der Waals surface area (Å²) in [6.07, 6.45) is 0.704. The van der Waals surface area contributed by atoms with Gasteiger partial charge in [-0.2, -0.15) is 0 Å². The molecule has 1 heterocycles. The molecule has 0 amide bonds. The van der Waals surface area contributed by atoms with Gasteiger partial charge in [0.25, 0.3) is 0 Å². The standard InChI is InChI=1S/C14H15NO4/c1-2-8-18-14(17)12-11(16)9-19-13(12)15-10-6-4-3-5-7-10/h3-7,15H,2,8-9H2,1H3. The zero-order chi connectivity index (χ0) is 13.7. The Morgan fingerprint density at radius 2 is 2.11 bits per heavy atom. The zero-order valence-corrected chi connectivity index (χ0v) is 10.6. The van der Waals surface area contributed by atoms with Crippen molar-refractivity contribution in [2.75, 3.05) is 18.5 Å². The van der Waals surface area contributed by atoms with Crippen LogP contribution < -0.4 is 5.32 Å². The monoisotopic (exact) mass is 261 g/mol. The van der Waals surface area contributed by atoms with Crippen LogP contribution in [0.25, 0.3) is 0 Å². The predicted octanol–water partition coefficient (Wildman–Crippen LogP) is 1.86. The van der Waals surface area contributed by atoms with Crippen LogP contribution in [0.1, 0.15) is 13.3 Å². The van der Waals surface area contributed by atoms with Gasteiger partial charge in [-0.1, -0.05) is 25.1 Å². The van der Waals surface area contributed by atoms with E-state index in [4.69, 9.17) is 9.47 Å². The number of benzene rings is 1. The second-order valence-corrected chi connectivity index (χ2v) is 4.04. The molecule has 1 aromatic rings. The molecule has 5 nitrogen and oxygen atoms in total. The quantitative estimate of drug-likeness (QED) is 0.647. The van der Waals surface area contributed by atoms with E-state index in [9.17, 15) is 9.59 Å². The van der Waals surface area contributed by atoms with Crippen LogP contribution in [-0.2, 0) is 19.1 Å². The molecular weight excluding hydrogens is 246 g/mol. The summed E-state index contributed by atoms with van der Waals surface area (Å²) in [7, 11) is 0. The summed E-state index contributed by atoms with van der Waals surface area (Å²) in [5.41, 5.74) is 0.699. The van der Waals surface area contributed by atoms with Crippen molar-refractivity contribution >= 4 is 17.4 Å². The van der Waals surface area contributed by atoms with Crippen molar-refractivity contribution in [1.29, 1.82) is 0 Å². The van der Waals surface area contributed by atoms with E-state index in [1.807, 2.05) is 37.3 Å². The lowest BCUT2D eigenvalue weighted by molar-refractivity contribution is -0.140. The molecule has 0 atom stereocenters. The Hall–Kier alpha value is -2.30. The smallest absolute Gasteiger partial charge is 0.347 e. The predicted molar refractivity (Wildman–Crippen MR) is 69.3 cm³/mol. The SMILES string of the molecule is CCCOC(=O)C1=C(Nc2ccccc2)OCC1=O. The Balaban J connectivity index is 2.17. The molecule has 100 valence electrons. The van der Waals surface area contributed by atoms with Gasteiger partial charge in [0, 0.05) is 5.69 Å². The Morgan fingerprint density at radius 1 is 1.37 bits per heavy atom. The van der Waals surface area contributed by atoms with Crippen LogP contribution in [0.2, 0.25) is 0 Å². The fourth-order valence-corrected chi connectivity index (χ4v) is 1.63. The zero-order valence-electron chi connectivity index (χ0n) is 10.6. The molecule has 0 spiro atoms. The van der Waals surface area contributed by atoms with Crippen LogP contribution in [-0.4, -0.2) is 25.0 Å². The number of para-hydroxylation sites is 1. The average Bonchev–Trinajstić information content (AvgIpc) is 2.78. The summed E-state index contributed by atoms with van der Waals surface area (Å²) < 4.78 is 10.2. The molecule has 1 N–H and O–H groups in total. The third kappa shape index (κ3) is 3.13. The van der Waals surface area contributed by atoms with Gasteiger partial charge in [0.1, 0.15) is 0 Å². The van der Waals surface area contributed by atoms with Gasteiger partial charge in [0.15, 0.2) is 12.2 Å². The first-order chi connectivity index (χ1) is 9.22. The lowest BCUT2D eigenvalue weighted by Gasteiger charge is -2.08. The van der Waals surface area contributed by atoms with E-state index in [-0.39, 0.29) is 30.5 Å². The second-order valence-electron chi connectivity index (χ2n) is 4.04. The number of anilines is 1. The topological polar surface area (TPSA) is 64.6 Å². The Morgan fingerprint density at radius 3 is 2.79 bits per heavy atom. The van der Waals surface area contributed by atoms with Crippen molar-refractivity contribution in [2.24, 2.45) is 0 Å². The molecular formula is C14H15NO4. The fourth-order valence-electron chi connectivity index (χ4n) is 1.63. The van der Waals surface area contributed by atoms with Crippen molar-refractivity contribution in [2.45, 2.75) is 13.3 Å². The van der Waals surface area contributed by atoms with Gasteiger partial charge in [0.2, 0.25) is 11.7 Å². The first-order valence-electron chi connectivity index (χ1n) is 6.12. The van der Waals surface area contributed by atoms with E-state index >= 15 is 0 Å². The number of Topliss-reactive ketones (excluding diaryl/α,β-unsaturated/α-hetero) is 1. The maximum Gasteiger partial charge on any atom is 0.347 e. The van der Waals surface area contributed by atoms with E-state index in [2.05, 4.69) is 5.32 Å². The molecule has 5 heteroatoms. The number of rotatable bonds is 5. The van der Waals surface area contributed by atoms with Crippen LogP contribution in [0.15, 0.2) is 41.8 Å². The number of carbonyl (C=O) groups excluding carboxylic acids is 2. The number of hydrogen-bond acceptors (Lipinski definition) is 5. The molecule has 1 aromatic carbocycles. The number of esters is 1. The van der Waals surface area contributed by atoms with Crippen molar-refractivity contribution in [3.05, 3.63) is 41.8 Å². The molecule has 0 aromatic heterocycles. The molecule has 0 fully saturated rings. The Labute approximate surface area is 111 Å². The van der Waals surface area contributed by atoms with Crippen molar-refractivity contribution < 1.29 is 19.1 Å². The maximum atomic E-state index is 11.8. The fraction of sp³-hybridized carbons (Fsp3) is 0.286. The Kier molecular flexibility index (Phi) is 4.18. The van der Waals surface area contributed by atoms with Crippen LogP contribution in [0.5, 0.6) is 0 Å². The van der Waals surface area contributed by atoms with Gasteiger partial charge in [0.05, 0.1) is 6.61 Å². The summed E-state index contributed by atoms with van der Waals surface area (Å²) in [5, 5.41) is 2.91. The molecule has 19 heavy (non-hydrogen) atoms. The molecule has 2 rings (SSSR count). The molecule has 1 aliphatic heterocycles. The highest BCUT2D eigenvalue weighted by molar-refractivity contribution is 6.19. The molecule has 0 aliphatic carbocycles. The summed E-state index contributed by atoms with van der Waals surface area (Å²) in [5.74, 6) is -0.834. The largest absolute Gasteiger partial charge is 0.470 e. The second kappa shape index (κ2) is 6.04. The lowest BCUT2D eigenvalue weighted by atomic mass is 10.2. The van der Waals surface area contributed by atoms with Crippen molar-refractivity contribution in [3.8, 4) is 0 Å². The minimum Gasteiger partial charge on any atom is -0.470 e. The van der Waals surface area contributed by atoms with Gasteiger partial charge in [-0.25, -0.2) is 4.79 Å². The Bertz CT molecular complexity index is 507. The highest BCUT2D eigenvalue weighted by Gasteiger charge is 2.32. The molecule has 0 saturated carbocycles. The van der Waals surface area contributed by atoms with Crippen LogP contribution in [0.3, 0.4) is 0 Å². The summed E-state index contributed by atoms with van der Waals surface area (Å²) in [6, 6.07) is 9.18. The molecule has 0 saturated heterocycles. The first-order valence-corrected chi connectivity index (χ1v) is 6.12. The van der Waals surface area contributed by atoms with Crippen LogP contribution in [0.4, 0.5) is 5.69 Å². The lowest BCUT2D eigenvalue weighted by Crippen LogP contribution is -2.16. The van der Waals surface area contributed by atoms with Crippen molar-refractivity contribution in [3.63, 3.8) is 0 Å². The van der Waals surface area contributed by atoms with E-state index < -0.39 is 5.97 Å². The van der Waals surface area contributed by atoms with Crippen molar-refractivity contribution in [1.82, 2.24) is 0 Å². The molecule has 1 aliphatic rings. The van der Waals surface area contributed by atoms with Gasteiger partial charge in [-0.15, -0.1) is 0 Å². The third-order valence-corrected chi connectivity index (χ3v) is 2.53. The highest BCUT2D eigenvalue weighted by Crippen LogP contribution is 2.20. The summed E-state index contributed by atoms with van der Waals surface area (Å²) in [6.45, 7) is 2.04. The normalized spacial score (nSPS) is 14.3. The number of hydrogen-bond donors (Lipinski definition) is 1. The van der Waals surface area contributed by atoms with Crippen LogP contribution >= 0.6 is 0 Å². The minimum atomic E-state index is -0.636. The van der Waals surface area contributed by atoms with Gasteiger partial charge < -0.3 is 14.8 Å². The van der Waals surface area contributed by atoms with E-state index in [1.165, 1.54) is 0 Å². The number of carbonyl (C=O) groups is 2. The summed E-state index contributed by atoms with van der Waals surface area (Å²) >= 11 is 0. The third-order valence-electron chi connectivity index (χ3n) is 2.53. The minimum absolute atomic E-state index is 0.0442. The highest BCUT2D eigenvalue weighted by atomic mass is 16.5. The van der Waals surface area contributed by atoms with E-state index in [0.717, 1.165) is 5.69 Å². The summed E-state index contributed by atoms with van der Waals surface area (Å²) in [4.78, 5) is 23.5. The van der Waals surface area contributed by atoms with E-state index in [0.29, 0.717) is 6.42 Å². The van der Waals surface area contributed by atoms with Crippen LogP contribution in [0, 0.1) is 0 Å². The molecule has 0 unspecified atom stereocenters. The maximum absolute atomic E-state index is 11.8. The van der Waals surface area contributed by atoms with Gasteiger partial charge in [-0.3, -0.25) is 4.79 Å². The average molecular weight is 261 g/mol. The molecule has 0 bridgehead atoms. The number of ketones is 1. The number of nitrogens with one attached hydrogen (secondary N) is 1. The van der Waals surface area contributed by atoms with E-state index in [1.54, 1.807) is 0 Å². The van der Waals surface area contributed by atoms with Gasteiger partial charge >= 0.3 is 5.97 Å². The first kappa shape index (κ1) is 13.1. The molecule has 0 radical (unpaired) electrons. The number of ether oxygens (including phenoxy) is 2. The van der Waals surface area contributed by atoms with Gasteiger partial charge in [-0.05, 0) is 18.6 Å².